The summed E-state index contributed by atoms with van der Waals surface area (Å²) in [5.74, 6) is 0.572. The second kappa shape index (κ2) is 11.4. The summed E-state index contributed by atoms with van der Waals surface area (Å²) in [5, 5.41) is 15.1. The summed E-state index contributed by atoms with van der Waals surface area (Å²) >= 11 is 0. The van der Waals surface area contributed by atoms with Gasteiger partial charge in [-0.15, -0.1) is 0 Å². The molecule has 0 radical (unpaired) electrons. The molecule has 1 amide bonds. The van der Waals surface area contributed by atoms with Gasteiger partial charge in [0.05, 0.1) is 11.3 Å². The van der Waals surface area contributed by atoms with E-state index in [9.17, 15) is 23.1 Å². The Bertz CT molecular complexity index is 1510. The maximum Gasteiger partial charge on any atom is 0.427 e. The molecule has 0 spiro atoms. The van der Waals surface area contributed by atoms with E-state index in [1.54, 1.807) is 32.2 Å². The van der Waals surface area contributed by atoms with E-state index in [2.05, 4.69) is 24.9 Å². The first kappa shape index (κ1) is 33.0. The Balaban J connectivity index is 1.44. The number of aliphatic hydroxyl groups is 1. The van der Waals surface area contributed by atoms with E-state index in [0.717, 1.165) is 74.8 Å². The first-order valence-corrected chi connectivity index (χ1v) is 15.8. The van der Waals surface area contributed by atoms with Gasteiger partial charge in [-0.25, -0.2) is 9.78 Å². The second-order valence-corrected chi connectivity index (χ2v) is 14.5. The minimum absolute atomic E-state index is 0.00766. The SMILES string of the molecule is CC(C)c1cc(C23CCC(CN(C(=O)OC(C)(C)C(F)(F)F)c4cc(-c5ccc(C(C)(C)O)cc5)ccn4)(CC2)CC3)n(C)n1. The van der Waals surface area contributed by atoms with Gasteiger partial charge in [0.15, 0.2) is 0 Å². The second-order valence-electron chi connectivity index (χ2n) is 14.5. The highest BCUT2D eigenvalue weighted by atomic mass is 19.4. The van der Waals surface area contributed by atoms with Crippen molar-refractivity contribution in [2.75, 3.05) is 11.4 Å². The lowest BCUT2D eigenvalue weighted by molar-refractivity contribution is -0.243. The number of nitrogens with zero attached hydrogens (tertiary/aromatic N) is 4. The average Bonchev–Trinajstić information content (AvgIpc) is 3.38. The molecule has 2 bridgehead atoms. The largest absolute Gasteiger partial charge is 0.433 e. The third kappa shape index (κ3) is 6.48. The molecule has 3 saturated carbocycles. The first-order valence-electron chi connectivity index (χ1n) is 15.8. The lowest BCUT2D eigenvalue weighted by Crippen LogP contribution is -2.53. The predicted molar refractivity (Wildman–Crippen MR) is 168 cm³/mol. The molecule has 6 rings (SSSR count). The number of halogens is 3. The summed E-state index contributed by atoms with van der Waals surface area (Å²) < 4.78 is 48.6. The van der Waals surface area contributed by atoms with E-state index in [1.807, 2.05) is 36.0 Å². The van der Waals surface area contributed by atoms with Crippen molar-refractivity contribution >= 4 is 11.9 Å². The van der Waals surface area contributed by atoms with Gasteiger partial charge < -0.3 is 9.84 Å². The van der Waals surface area contributed by atoms with Crippen LogP contribution >= 0.6 is 0 Å². The number of hydrogen-bond acceptors (Lipinski definition) is 5. The smallest absolute Gasteiger partial charge is 0.427 e. The number of pyridine rings is 1. The fraction of sp³-hybridized carbons (Fsp3) is 0.571. The minimum Gasteiger partial charge on any atom is -0.433 e. The zero-order chi connectivity index (χ0) is 33.0. The third-order valence-corrected chi connectivity index (χ3v) is 10.1. The van der Waals surface area contributed by atoms with Gasteiger partial charge in [0.1, 0.15) is 5.82 Å². The van der Waals surface area contributed by atoms with Crippen LogP contribution in [0.2, 0.25) is 0 Å². The van der Waals surface area contributed by atoms with Crippen LogP contribution < -0.4 is 4.90 Å². The summed E-state index contributed by atoms with van der Waals surface area (Å²) in [6, 6.07) is 13.1. The summed E-state index contributed by atoms with van der Waals surface area (Å²) in [6.07, 6.45) is 1.01. The van der Waals surface area contributed by atoms with Crippen LogP contribution in [0.4, 0.5) is 23.8 Å². The number of fused-ring (bicyclic) bond motifs is 3. The van der Waals surface area contributed by atoms with E-state index >= 15 is 0 Å². The zero-order valence-electron chi connectivity index (χ0n) is 27.3. The highest BCUT2D eigenvalue weighted by Crippen LogP contribution is 2.58. The summed E-state index contributed by atoms with van der Waals surface area (Å²) in [4.78, 5) is 19.4. The fourth-order valence-corrected chi connectivity index (χ4v) is 6.87. The van der Waals surface area contributed by atoms with Crippen LogP contribution in [0, 0.1) is 5.41 Å². The molecule has 244 valence electrons. The predicted octanol–water partition coefficient (Wildman–Crippen LogP) is 8.41. The van der Waals surface area contributed by atoms with Gasteiger partial charge in [-0.05, 0) is 112 Å². The van der Waals surface area contributed by atoms with Crippen LogP contribution in [0.25, 0.3) is 11.1 Å². The number of carbonyl (C=O) groups excluding carboxylic acids is 1. The molecule has 45 heavy (non-hydrogen) atoms. The number of alkyl halides is 3. The molecular formula is C35H45F3N4O3. The molecule has 3 fully saturated rings. The quantitative estimate of drug-likeness (QED) is 0.272. The molecular weight excluding hydrogens is 581 g/mol. The molecule has 0 saturated heterocycles. The van der Waals surface area contributed by atoms with Crippen molar-refractivity contribution in [3.05, 3.63) is 65.6 Å². The number of amides is 1. The van der Waals surface area contributed by atoms with E-state index in [0.29, 0.717) is 5.92 Å². The fourth-order valence-electron chi connectivity index (χ4n) is 6.87. The number of benzene rings is 1. The number of hydrogen-bond donors (Lipinski definition) is 1. The molecule has 1 N–H and O–H groups in total. The van der Waals surface area contributed by atoms with Crippen LogP contribution in [0.3, 0.4) is 0 Å². The van der Waals surface area contributed by atoms with E-state index in [4.69, 9.17) is 9.84 Å². The van der Waals surface area contributed by atoms with Crippen molar-refractivity contribution in [1.29, 1.82) is 0 Å². The number of aromatic nitrogens is 3. The molecule has 7 nitrogen and oxygen atoms in total. The lowest BCUT2D eigenvalue weighted by atomic mass is 9.52. The van der Waals surface area contributed by atoms with Crippen molar-refractivity contribution in [3.8, 4) is 11.1 Å². The van der Waals surface area contributed by atoms with Crippen molar-refractivity contribution < 1.29 is 27.8 Å². The van der Waals surface area contributed by atoms with Crippen LogP contribution in [-0.2, 0) is 22.8 Å². The number of ether oxygens (including phenoxy) is 1. The summed E-state index contributed by atoms with van der Waals surface area (Å²) in [7, 11) is 2.00. The van der Waals surface area contributed by atoms with Gasteiger partial charge >= 0.3 is 12.3 Å². The van der Waals surface area contributed by atoms with Crippen LogP contribution in [-0.4, -0.2) is 44.3 Å². The molecule has 2 heterocycles. The molecule has 3 aromatic rings. The third-order valence-electron chi connectivity index (χ3n) is 10.1. The van der Waals surface area contributed by atoms with Gasteiger partial charge in [0.2, 0.25) is 5.60 Å². The van der Waals surface area contributed by atoms with Crippen molar-refractivity contribution in [2.45, 2.75) is 109 Å². The van der Waals surface area contributed by atoms with E-state index < -0.39 is 23.5 Å². The molecule has 0 aliphatic heterocycles. The summed E-state index contributed by atoms with van der Waals surface area (Å²) in [5.41, 5.74) is 0.699. The highest BCUT2D eigenvalue weighted by molar-refractivity contribution is 5.88. The Labute approximate surface area is 263 Å². The molecule has 2 aromatic heterocycles. The van der Waals surface area contributed by atoms with Gasteiger partial charge in [-0.2, -0.15) is 18.3 Å². The standard InChI is InChI=1S/C35H45F3N4O3/c1-23(2)27-21-28(41(7)40-27)34-16-13-33(14-17-34,15-18-34)22-42(30(43)45-32(5,6)35(36,37)38)29-20-25(12-19-39-29)24-8-10-26(11-9-24)31(3,4)44/h8-12,19-21,23,44H,13-18,22H2,1-7H3. The minimum atomic E-state index is -4.74. The maximum atomic E-state index is 13.8. The molecule has 1 aromatic carbocycles. The Morgan fingerprint density at radius 1 is 0.978 bits per heavy atom. The average molecular weight is 627 g/mol. The van der Waals surface area contributed by atoms with E-state index in [1.165, 1.54) is 10.6 Å². The monoisotopic (exact) mass is 626 g/mol. The topological polar surface area (TPSA) is 80.5 Å². The Morgan fingerprint density at radius 2 is 1.58 bits per heavy atom. The summed E-state index contributed by atoms with van der Waals surface area (Å²) in [6.45, 7) is 9.63. The maximum absolute atomic E-state index is 13.8. The Morgan fingerprint density at radius 3 is 2.09 bits per heavy atom. The molecule has 10 heteroatoms. The van der Waals surface area contributed by atoms with Crippen molar-refractivity contribution in [3.63, 3.8) is 0 Å². The van der Waals surface area contributed by atoms with Gasteiger partial charge in [-0.1, -0.05) is 38.1 Å². The normalized spacial score (nSPS) is 22.1. The number of carbonyl (C=O) groups is 1. The number of rotatable bonds is 8. The molecule has 3 aliphatic rings. The first-order chi connectivity index (χ1) is 20.8. The van der Waals surface area contributed by atoms with Gasteiger partial charge in [-0.3, -0.25) is 9.58 Å². The molecule has 0 atom stereocenters. The van der Waals surface area contributed by atoms with Crippen molar-refractivity contribution in [2.24, 2.45) is 12.5 Å². The molecule has 0 unspecified atom stereocenters. The number of aryl methyl sites for hydroxylation is 1. The van der Waals surface area contributed by atoms with Gasteiger partial charge in [0, 0.05) is 30.9 Å². The number of anilines is 1. The Hall–Kier alpha value is -3.40. The van der Waals surface area contributed by atoms with Crippen LogP contribution in [0.1, 0.15) is 103 Å². The van der Waals surface area contributed by atoms with E-state index in [-0.39, 0.29) is 23.2 Å². The van der Waals surface area contributed by atoms with Crippen molar-refractivity contribution in [1.82, 2.24) is 14.8 Å². The van der Waals surface area contributed by atoms with Crippen LogP contribution in [0.5, 0.6) is 0 Å². The zero-order valence-corrected chi connectivity index (χ0v) is 27.3. The molecule has 3 aliphatic carbocycles. The highest BCUT2D eigenvalue weighted by Gasteiger charge is 2.54. The Kier molecular flexibility index (Phi) is 8.38. The van der Waals surface area contributed by atoms with Crippen LogP contribution in [0.15, 0.2) is 48.7 Å². The lowest BCUT2D eigenvalue weighted by Gasteiger charge is -2.54. The van der Waals surface area contributed by atoms with Gasteiger partial charge in [0.25, 0.3) is 0 Å².